The molecule has 1 heterocycles. The molecular weight excluding hydrogens is 267 g/mol. The Morgan fingerprint density at radius 1 is 1.08 bits per heavy atom. The van der Waals surface area contributed by atoms with E-state index in [1.165, 1.54) is 0 Å². The van der Waals surface area contributed by atoms with Gasteiger partial charge in [0.25, 0.3) is 0 Å². The molecular formula is C6H7InO5. The summed E-state index contributed by atoms with van der Waals surface area (Å²) in [6, 6.07) is 2.18. The quantitative estimate of drug-likeness (QED) is 0.758. The summed E-state index contributed by atoms with van der Waals surface area (Å²) in [5.74, 6) is -3.31. The van der Waals surface area contributed by atoms with E-state index in [4.69, 9.17) is 10.2 Å². The van der Waals surface area contributed by atoms with Crippen LogP contribution in [0.4, 0.5) is 0 Å². The average Bonchev–Trinajstić information content (AvgIpc) is 2.33. The molecule has 5 nitrogen and oxygen atoms in total. The van der Waals surface area contributed by atoms with Crippen LogP contribution >= 0.6 is 0 Å². The molecule has 0 atom stereocenters. The normalized spacial score (nSPS) is 8.67. The first-order valence-corrected chi connectivity index (χ1v) is 2.67. The predicted molar refractivity (Wildman–Crippen MR) is 42.6 cm³/mol. The number of hydrogen-bond acceptors (Lipinski definition) is 3. The monoisotopic (exact) mass is 274 g/mol. The van der Waals surface area contributed by atoms with Crippen molar-refractivity contribution < 1.29 is 24.2 Å². The van der Waals surface area contributed by atoms with Gasteiger partial charge in [-0.15, -0.1) is 0 Å². The molecule has 0 aromatic carbocycles. The first-order valence-electron chi connectivity index (χ1n) is 2.67. The number of furan rings is 1. The van der Waals surface area contributed by atoms with Gasteiger partial charge in [-0.05, 0) is 12.1 Å². The van der Waals surface area contributed by atoms with Crippen molar-refractivity contribution >= 4 is 37.8 Å². The summed E-state index contributed by atoms with van der Waals surface area (Å²) in [4.78, 5) is 20.3. The molecule has 2 N–H and O–H groups in total. The first kappa shape index (κ1) is 11.1. The van der Waals surface area contributed by atoms with Crippen molar-refractivity contribution in [1.29, 1.82) is 0 Å². The van der Waals surface area contributed by atoms with Crippen molar-refractivity contribution in [2.45, 2.75) is 0 Å². The minimum absolute atomic E-state index is 0. The molecule has 0 bridgehead atoms. The molecule has 0 saturated carbocycles. The van der Waals surface area contributed by atoms with Crippen LogP contribution < -0.4 is 0 Å². The van der Waals surface area contributed by atoms with E-state index in [1.54, 1.807) is 0 Å². The van der Waals surface area contributed by atoms with Gasteiger partial charge in [-0.25, -0.2) is 9.59 Å². The molecule has 0 spiro atoms. The number of rotatable bonds is 2. The first-order chi connectivity index (χ1) is 5.11. The van der Waals surface area contributed by atoms with Crippen LogP contribution in [0.3, 0.4) is 0 Å². The summed E-state index contributed by atoms with van der Waals surface area (Å²) in [7, 11) is 0. The Kier molecular flexibility index (Phi) is 3.88. The molecule has 0 radical (unpaired) electrons. The van der Waals surface area contributed by atoms with Gasteiger partial charge >= 0.3 is 37.8 Å². The van der Waals surface area contributed by atoms with Gasteiger partial charge in [0, 0.05) is 0 Å². The fourth-order valence-corrected chi connectivity index (χ4v) is 0.568. The van der Waals surface area contributed by atoms with Crippen molar-refractivity contribution in [3.8, 4) is 0 Å². The Morgan fingerprint density at radius 3 is 1.58 bits per heavy atom. The molecule has 1 rings (SSSR count). The molecule has 12 heavy (non-hydrogen) atoms. The van der Waals surface area contributed by atoms with Crippen LogP contribution in [0.2, 0.25) is 0 Å². The van der Waals surface area contributed by atoms with Gasteiger partial charge in [-0.2, -0.15) is 0 Å². The standard InChI is InChI=1S/C6H4O5.In.3H/c7-5(8)3-1-2-4(11-3)6(9)10;;;;/h1-2H,(H,7,8)(H,9,10);;;;. The Hall–Kier alpha value is -0.910. The number of carboxylic acids is 2. The van der Waals surface area contributed by atoms with Gasteiger partial charge in [-0.3, -0.25) is 0 Å². The molecule has 0 fully saturated rings. The third-order valence-corrected chi connectivity index (χ3v) is 1.03. The SMILES string of the molecule is O=C(O)c1ccc(C(=O)O)o1.[InH3]. The van der Waals surface area contributed by atoms with E-state index in [0.29, 0.717) is 0 Å². The molecule has 0 unspecified atom stereocenters. The van der Waals surface area contributed by atoms with E-state index in [9.17, 15) is 9.59 Å². The fourth-order valence-electron chi connectivity index (χ4n) is 0.568. The van der Waals surface area contributed by atoms with Crippen LogP contribution in [-0.2, 0) is 0 Å². The zero-order valence-corrected chi connectivity index (χ0v) is 5.27. The third kappa shape index (κ3) is 2.30. The zero-order valence-electron chi connectivity index (χ0n) is 5.27. The molecule has 64 valence electrons. The summed E-state index contributed by atoms with van der Waals surface area (Å²) in [6.45, 7) is 0. The number of aromatic carboxylic acids is 2. The van der Waals surface area contributed by atoms with Crippen molar-refractivity contribution in [3.05, 3.63) is 23.7 Å². The average molecular weight is 274 g/mol. The molecule has 0 aliphatic carbocycles. The van der Waals surface area contributed by atoms with Crippen LogP contribution in [0.15, 0.2) is 16.5 Å². The van der Waals surface area contributed by atoms with Crippen LogP contribution in [-0.4, -0.2) is 48.0 Å². The van der Waals surface area contributed by atoms with E-state index >= 15 is 0 Å². The van der Waals surface area contributed by atoms with Gasteiger partial charge in [0.1, 0.15) is 0 Å². The minimum atomic E-state index is -1.28. The van der Waals surface area contributed by atoms with E-state index in [-0.39, 0.29) is 37.4 Å². The van der Waals surface area contributed by atoms with Crippen molar-refractivity contribution in [2.75, 3.05) is 0 Å². The van der Waals surface area contributed by atoms with Crippen LogP contribution in [0.5, 0.6) is 0 Å². The number of carbonyl (C=O) groups is 2. The predicted octanol–water partition coefficient (Wildman–Crippen LogP) is -0.508. The Labute approximate surface area is 85.8 Å². The Bertz CT molecular complexity index is 274. The van der Waals surface area contributed by atoms with Crippen molar-refractivity contribution in [2.24, 2.45) is 0 Å². The van der Waals surface area contributed by atoms with Gasteiger partial charge in [0.05, 0.1) is 0 Å². The molecule has 0 aliphatic rings. The van der Waals surface area contributed by atoms with Crippen LogP contribution in [0, 0.1) is 0 Å². The molecule has 6 heteroatoms. The summed E-state index contributed by atoms with van der Waals surface area (Å²) in [6.07, 6.45) is 0. The fraction of sp³-hybridized carbons (Fsp3) is 0. The van der Waals surface area contributed by atoms with Crippen molar-refractivity contribution in [3.63, 3.8) is 0 Å². The van der Waals surface area contributed by atoms with E-state index < -0.39 is 11.9 Å². The molecule has 0 saturated heterocycles. The summed E-state index contributed by atoms with van der Waals surface area (Å²) < 4.78 is 4.41. The molecule has 1 aromatic heterocycles. The molecule has 0 amide bonds. The Balaban J connectivity index is 0.00000121. The topological polar surface area (TPSA) is 87.7 Å². The second kappa shape index (κ2) is 4.20. The van der Waals surface area contributed by atoms with Gasteiger partial charge < -0.3 is 14.6 Å². The zero-order chi connectivity index (χ0) is 8.43. The second-order valence-electron chi connectivity index (χ2n) is 1.77. The van der Waals surface area contributed by atoms with Crippen LogP contribution in [0.25, 0.3) is 0 Å². The summed E-state index contributed by atoms with van der Waals surface area (Å²) in [5, 5.41) is 16.6. The second-order valence-corrected chi connectivity index (χ2v) is 1.77. The Morgan fingerprint density at radius 2 is 1.42 bits per heavy atom. The van der Waals surface area contributed by atoms with Crippen LogP contribution in [0.1, 0.15) is 21.1 Å². The summed E-state index contributed by atoms with van der Waals surface area (Å²) in [5.41, 5.74) is 0. The van der Waals surface area contributed by atoms with Gasteiger partial charge in [0.2, 0.25) is 11.5 Å². The van der Waals surface area contributed by atoms with Gasteiger partial charge in [-0.1, -0.05) is 0 Å². The maximum atomic E-state index is 10.2. The van der Waals surface area contributed by atoms with E-state index in [0.717, 1.165) is 12.1 Å². The number of hydrogen-bond donors (Lipinski definition) is 2. The van der Waals surface area contributed by atoms with E-state index in [2.05, 4.69) is 4.42 Å². The van der Waals surface area contributed by atoms with Gasteiger partial charge in [0.15, 0.2) is 0 Å². The number of carboxylic acid groups (broad SMARTS) is 2. The van der Waals surface area contributed by atoms with E-state index in [1.807, 2.05) is 0 Å². The van der Waals surface area contributed by atoms with Crippen molar-refractivity contribution in [1.82, 2.24) is 0 Å². The summed E-state index contributed by atoms with van der Waals surface area (Å²) >= 11 is 0. The maximum absolute atomic E-state index is 10.2. The third-order valence-electron chi connectivity index (χ3n) is 1.03. The molecule has 0 aliphatic heterocycles. The molecule has 1 aromatic rings.